The highest BCUT2D eigenvalue weighted by atomic mass is 35.5. The van der Waals surface area contributed by atoms with Gasteiger partial charge in [-0.2, -0.15) is 0 Å². The molecule has 1 unspecified atom stereocenters. The average molecular weight is 473 g/mol. The van der Waals surface area contributed by atoms with Crippen molar-refractivity contribution in [1.82, 2.24) is 14.7 Å². The molecule has 0 saturated carbocycles. The van der Waals surface area contributed by atoms with Crippen LogP contribution < -0.4 is 5.32 Å². The molecule has 4 amide bonds. The largest absolute Gasteiger partial charge is 0.339 e. The van der Waals surface area contributed by atoms with E-state index in [1.54, 1.807) is 14.7 Å². The van der Waals surface area contributed by atoms with Crippen LogP contribution in [0.1, 0.15) is 23.2 Å². The van der Waals surface area contributed by atoms with Gasteiger partial charge < -0.3 is 20.0 Å². The smallest absolute Gasteiger partial charge is 0.321 e. The molecule has 0 spiro atoms. The van der Waals surface area contributed by atoms with Crippen LogP contribution in [0, 0.1) is 11.7 Å². The number of carbonyl (C=O) groups is 3. The summed E-state index contributed by atoms with van der Waals surface area (Å²) in [5.74, 6) is -1.01. The van der Waals surface area contributed by atoms with Crippen molar-refractivity contribution in [3.63, 3.8) is 0 Å². The van der Waals surface area contributed by atoms with Gasteiger partial charge >= 0.3 is 6.03 Å². The van der Waals surface area contributed by atoms with Crippen LogP contribution in [-0.2, 0) is 4.79 Å². The maximum Gasteiger partial charge on any atom is 0.321 e. The van der Waals surface area contributed by atoms with Crippen LogP contribution in [0.25, 0.3) is 0 Å². The quantitative estimate of drug-likeness (QED) is 0.740. The summed E-state index contributed by atoms with van der Waals surface area (Å²) in [6.45, 7) is 2.57. The van der Waals surface area contributed by atoms with E-state index in [-0.39, 0.29) is 34.3 Å². The van der Waals surface area contributed by atoms with Gasteiger partial charge in [0.25, 0.3) is 5.91 Å². The summed E-state index contributed by atoms with van der Waals surface area (Å²) in [7, 11) is 0. The third-order valence-corrected chi connectivity index (χ3v) is 6.44. The van der Waals surface area contributed by atoms with E-state index in [1.165, 1.54) is 12.1 Å². The predicted molar refractivity (Wildman–Crippen MR) is 124 cm³/mol. The molecular formula is C24H26ClFN4O3. The zero-order valence-corrected chi connectivity index (χ0v) is 18.9. The molecule has 0 aromatic heterocycles. The van der Waals surface area contributed by atoms with Crippen LogP contribution in [0.15, 0.2) is 48.5 Å². The first kappa shape index (κ1) is 23.0. The van der Waals surface area contributed by atoms with Crippen molar-refractivity contribution in [2.45, 2.75) is 12.8 Å². The number of nitrogens with one attached hydrogen (secondary N) is 1. The Morgan fingerprint density at radius 1 is 0.909 bits per heavy atom. The standard InChI is InChI=1S/C24H26ClFN4O3/c25-21-15-18(26)8-9-20(21)23(32)29-13-11-28(12-14-29)22(31)17-5-4-10-30(16-17)24(33)27-19-6-2-1-3-7-19/h1-3,6-9,15,17H,4-5,10-14,16H2,(H,27,33). The van der Waals surface area contributed by atoms with E-state index in [0.717, 1.165) is 24.6 Å². The average Bonchev–Trinajstić information content (AvgIpc) is 2.84. The van der Waals surface area contributed by atoms with Gasteiger partial charge in [0.05, 0.1) is 16.5 Å². The number of piperidine rings is 1. The number of likely N-dealkylation sites (tertiary alicyclic amines) is 1. The lowest BCUT2D eigenvalue weighted by Gasteiger charge is -2.39. The first-order chi connectivity index (χ1) is 15.9. The molecule has 0 radical (unpaired) electrons. The lowest BCUT2D eigenvalue weighted by atomic mass is 9.96. The fraction of sp³-hybridized carbons (Fsp3) is 0.375. The number of piperazine rings is 1. The molecule has 2 fully saturated rings. The van der Waals surface area contributed by atoms with Crippen molar-refractivity contribution in [3.05, 3.63) is 64.9 Å². The van der Waals surface area contributed by atoms with Crippen molar-refractivity contribution in [3.8, 4) is 0 Å². The SMILES string of the molecule is O=C(Nc1ccccc1)N1CCCC(C(=O)N2CCN(C(=O)c3ccc(F)cc3Cl)CC2)C1. The van der Waals surface area contributed by atoms with Crippen LogP contribution in [-0.4, -0.2) is 71.8 Å². The third kappa shape index (κ3) is 5.45. The van der Waals surface area contributed by atoms with Crippen molar-refractivity contribution in [2.24, 2.45) is 5.92 Å². The number of halogens is 2. The molecule has 2 aliphatic heterocycles. The lowest BCUT2D eigenvalue weighted by Crippen LogP contribution is -2.54. The number of para-hydroxylation sites is 1. The topological polar surface area (TPSA) is 73.0 Å². The molecule has 2 heterocycles. The first-order valence-corrected chi connectivity index (χ1v) is 11.4. The van der Waals surface area contributed by atoms with E-state index < -0.39 is 5.82 Å². The van der Waals surface area contributed by atoms with Crippen molar-refractivity contribution in [2.75, 3.05) is 44.6 Å². The minimum atomic E-state index is -0.494. The molecule has 7 nitrogen and oxygen atoms in total. The highest BCUT2D eigenvalue weighted by molar-refractivity contribution is 6.33. The summed E-state index contributed by atoms with van der Waals surface area (Å²) >= 11 is 6.03. The van der Waals surface area contributed by atoms with Crippen LogP contribution in [0.2, 0.25) is 5.02 Å². The Labute approximate surface area is 197 Å². The Balaban J connectivity index is 1.30. The number of rotatable bonds is 3. The summed E-state index contributed by atoms with van der Waals surface area (Å²) < 4.78 is 13.3. The van der Waals surface area contributed by atoms with Crippen LogP contribution in [0.4, 0.5) is 14.9 Å². The minimum Gasteiger partial charge on any atom is -0.339 e. The molecule has 9 heteroatoms. The fourth-order valence-corrected chi connectivity index (χ4v) is 4.56. The van der Waals surface area contributed by atoms with Gasteiger partial charge in [0.15, 0.2) is 0 Å². The molecular weight excluding hydrogens is 447 g/mol. The van der Waals surface area contributed by atoms with Gasteiger partial charge in [-0.05, 0) is 43.2 Å². The van der Waals surface area contributed by atoms with E-state index in [1.807, 2.05) is 30.3 Å². The van der Waals surface area contributed by atoms with Gasteiger partial charge in [0.2, 0.25) is 5.91 Å². The predicted octanol–water partition coefficient (Wildman–Crippen LogP) is 3.71. The second-order valence-electron chi connectivity index (χ2n) is 8.32. The second kappa shape index (κ2) is 10.2. The Morgan fingerprint density at radius 3 is 2.30 bits per heavy atom. The number of carbonyl (C=O) groups excluding carboxylic acids is 3. The summed E-state index contributed by atoms with van der Waals surface area (Å²) in [5.41, 5.74) is 0.975. The van der Waals surface area contributed by atoms with Gasteiger partial charge in [0, 0.05) is 45.0 Å². The maximum atomic E-state index is 13.3. The zero-order chi connectivity index (χ0) is 23.4. The monoisotopic (exact) mass is 472 g/mol. The van der Waals surface area contributed by atoms with Gasteiger partial charge in [-0.15, -0.1) is 0 Å². The minimum absolute atomic E-state index is 0.0131. The maximum absolute atomic E-state index is 13.3. The summed E-state index contributed by atoms with van der Waals surface area (Å²) in [6.07, 6.45) is 1.50. The molecule has 1 N–H and O–H groups in total. The van der Waals surface area contributed by atoms with E-state index in [9.17, 15) is 18.8 Å². The lowest BCUT2D eigenvalue weighted by molar-refractivity contribution is -0.138. The fourth-order valence-electron chi connectivity index (χ4n) is 4.31. The van der Waals surface area contributed by atoms with E-state index >= 15 is 0 Å². The molecule has 4 rings (SSSR count). The number of urea groups is 1. The van der Waals surface area contributed by atoms with Gasteiger partial charge in [-0.3, -0.25) is 9.59 Å². The molecule has 0 aliphatic carbocycles. The summed E-state index contributed by atoms with van der Waals surface area (Å²) in [4.78, 5) is 43.6. The normalized spacial score (nSPS) is 18.7. The van der Waals surface area contributed by atoms with Crippen LogP contribution in [0.3, 0.4) is 0 Å². The Hall–Kier alpha value is -3.13. The molecule has 2 saturated heterocycles. The molecule has 2 aromatic carbocycles. The Bertz CT molecular complexity index is 1030. The summed E-state index contributed by atoms with van der Waals surface area (Å²) in [5, 5.41) is 2.95. The van der Waals surface area contributed by atoms with Gasteiger partial charge in [-0.25, -0.2) is 9.18 Å². The number of benzene rings is 2. The number of amides is 4. The number of nitrogens with zero attached hydrogens (tertiary/aromatic N) is 3. The first-order valence-electron chi connectivity index (χ1n) is 11.1. The molecule has 2 aromatic rings. The van der Waals surface area contributed by atoms with Crippen molar-refractivity contribution in [1.29, 1.82) is 0 Å². The number of hydrogen-bond acceptors (Lipinski definition) is 3. The van der Waals surface area contributed by atoms with Crippen molar-refractivity contribution >= 4 is 35.1 Å². The van der Waals surface area contributed by atoms with Gasteiger partial charge in [0.1, 0.15) is 5.82 Å². The van der Waals surface area contributed by atoms with E-state index in [0.29, 0.717) is 39.3 Å². The van der Waals surface area contributed by atoms with Gasteiger partial charge in [-0.1, -0.05) is 29.8 Å². The van der Waals surface area contributed by atoms with E-state index in [4.69, 9.17) is 11.6 Å². The molecule has 33 heavy (non-hydrogen) atoms. The van der Waals surface area contributed by atoms with E-state index in [2.05, 4.69) is 5.32 Å². The molecule has 0 bridgehead atoms. The Kier molecular flexibility index (Phi) is 7.13. The van der Waals surface area contributed by atoms with Crippen LogP contribution in [0.5, 0.6) is 0 Å². The zero-order valence-electron chi connectivity index (χ0n) is 18.2. The highest BCUT2D eigenvalue weighted by Gasteiger charge is 2.33. The van der Waals surface area contributed by atoms with Crippen LogP contribution >= 0.6 is 11.6 Å². The second-order valence-corrected chi connectivity index (χ2v) is 8.73. The van der Waals surface area contributed by atoms with Crippen molar-refractivity contribution < 1.29 is 18.8 Å². The molecule has 174 valence electrons. The summed E-state index contributed by atoms with van der Waals surface area (Å²) in [6, 6.07) is 12.7. The third-order valence-electron chi connectivity index (χ3n) is 6.12. The number of anilines is 1. The molecule has 2 aliphatic rings. The highest BCUT2D eigenvalue weighted by Crippen LogP contribution is 2.23. The molecule has 1 atom stereocenters. The number of hydrogen-bond donors (Lipinski definition) is 1. The Morgan fingerprint density at radius 2 is 1.61 bits per heavy atom.